The van der Waals surface area contributed by atoms with E-state index in [1.54, 1.807) is 0 Å². The fourth-order valence-electron chi connectivity index (χ4n) is 4.24. The highest BCUT2D eigenvalue weighted by Crippen LogP contribution is 2.49. The van der Waals surface area contributed by atoms with Crippen LogP contribution in [0.2, 0.25) is 0 Å². The van der Waals surface area contributed by atoms with Crippen molar-refractivity contribution in [1.82, 2.24) is 0 Å². The summed E-state index contributed by atoms with van der Waals surface area (Å²) in [6.07, 6.45) is 0. The van der Waals surface area contributed by atoms with Gasteiger partial charge in [-0.2, -0.15) is 0 Å². The van der Waals surface area contributed by atoms with Gasteiger partial charge in [-0.1, -0.05) is 77.1 Å². The van der Waals surface area contributed by atoms with E-state index in [0.29, 0.717) is 0 Å². The molecule has 0 amide bonds. The Morgan fingerprint density at radius 3 is 1.96 bits per heavy atom. The molecule has 4 rings (SSSR count). The molecule has 0 bridgehead atoms. The maximum atomic E-state index is 2.37. The lowest BCUT2D eigenvalue weighted by Crippen LogP contribution is -2.16. The zero-order valence-electron chi connectivity index (χ0n) is 17.3. The Bertz CT molecular complexity index is 987. The van der Waals surface area contributed by atoms with Crippen molar-refractivity contribution in [3.8, 4) is 11.1 Å². The van der Waals surface area contributed by atoms with Crippen LogP contribution in [0.4, 0.5) is 11.4 Å². The highest BCUT2D eigenvalue weighted by molar-refractivity contribution is 5.83. The van der Waals surface area contributed by atoms with E-state index in [0.717, 1.165) is 0 Å². The van der Waals surface area contributed by atoms with Crippen molar-refractivity contribution in [3.63, 3.8) is 0 Å². The van der Waals surface area contributed by atoms with Gasteiger partial charge in [0.15, 0.2) is 0 Å². The number of nitrogens with zero attached hydrogens (tertiary/aromatic N) is 1. The molecule has 1 nitrogen and oxygen atoms in total. The summed E-state index contributed by atoms with van der Waals surface area (Å²) in [5.74, 6) is 0. The van der Waals surface area contributed by atoms with Gasteiger partial charge < -0.3 is 4.90 Å². The Kier molecular flexibility index (Phi) is 3.96. The Balaban J connectivity index is 1.72. The Labute approximate surface area is 163 Å². The third kappa shape index (κ3) is 2.86. The number of anilines is 2. The molecule has 0 heterocycles. The van der Waals surface area contributed by atoms with E-state index >= 15 is 0 Å². The molecule has 3 aromatic carbocycles. The first-order valence-electron chi connectivity index (χ1n) is 9.78. The summed E-state index contributed by atoms with van der Waals surface area (Å²) >= 11 is 0. The quantitative estimate of drug-likeness (QED) is 0.475. The van der Waals surface area contributed by atoms with Crippen molar-refractivity contribution in [2.45, 2.75) is 45.4 Å². The van der Waals surface area contributed by atoms with Gasteiger partial charge in [-0.3, -0.25) is 0 Å². The Morgan fingerprint density at radius 2 is 1.30 bits per heavy atom. The SMILES string of the molecule is CN(c1ccc(C(C)(C)C)cc1)c1ccc2c(c1)C(C)(C)c1ccccc1-2. The maximum Gasteiger partial charge on any atom is 0.0411 e. The van der Waals surface area contributed by atoms with Crippen molar-refractivity contribution >= 4 is 11.4 Å². The van der Waals surface area contributed by atoms with Gasteiger partial charge in [-0.05, 0) is 57.5 Å². The highest BCUT2D eigenvalue weighted by atomic mass is 15.1. The van der Waals surface area contributed by atoms with Gasteiger partial charge in [0, 0.05) is 23.8 Å². The van der Waals surface area contributed by atoms with Crippen molar-refractivity contribution in [1.29, 1.82) is 0 Å². The predicted molar refractivity (Wildman–Crippen MR) is 117 cm³/mol. The molecule has 0 N–H and O–H groups in total. The van der Waals surface area contributed by atoms with Crippen LogP contribution in [0.1, 0.15) is 51.3 Å². The summed E-state index contributed by atoms with van der Waals surface area (Å²) in [7, 11) is 2.16. The normalized spacial score (nSPS) is 14.6. The average molecular weight is 356 g/mol. The van der Waals surface area contributed by atoms with Crippen LogP contribution in [0.5, 0.6) is 0 Å². The van der Waals surface area contributed by atoms with Crippen molar-refractivity contribution in [2.75, 3.05) is 11.9 Å². The Hall–Kier alpha value is -2.54. The zero-order chi connectivity index (χ0) is 19.4. The number of benzene rings is 3. The van der Waals surface area contributed by atoms with Crippen molar-refractivity contribution in [2.24, 2.45) is 0 Å². The number of hydrogen-bond acceptors (Lipinski definition) is 1. The van der Waals surface area contributed by atoms with Crippen LogP contribution in [0.15, 0.2) is 66.7 Å². The van der Waals surface area contributed by atoms with E-state index in [4.69, 9.17) is 0 Å². The molecule has 1 aliphatic carbocycles. The van der Waals surface area contributed by atoms with Gasteiger partial charge >= 0.3 is 0 Å². The third-order valence-corrected chi connectivity index (χ3v) is 6.08. The van der Waals surface area contributed by atoms with Crippen LogP contribution in [0, 0.1) is 0 Å². The molecule has 1 aliphatic rings. The molecule has 0 radical (unpaired) electrons. The first kappa shape index (κ1) is 17.9. The predicted octanol–water partition coefficient (Wildman–Crippen LogP) is 7.06. The van der Waals surface area contributed by atoms with E-state index in [-0.39, 0.29) is 10.8 Å². The largest absolute Gasteiger partial charge is 0.345 e. The van der Waals surface area contributed by atoms with Gasteiger partial charge in [0.2, 0.25) is 0 Å². The second-order valence-electron chi connectivity index (χ2n) is 9.26. The first-order chi connectivity index (χ1) is 12.7. The molecule has 0 atom stereocenters. The minimum absolute atomic E-state index is 0.0405. The molecule has 3 aromatic rings. The molecule has 0 spiro atoms. The second-order valence-corrected chi connectivity index (χ2v) is 9.26. The number of fused-ring (bicyclic) bond motifs is 3. The molecule has 27 heavy (non-hydrogen) atoms. The van der Waals surface area contributed by atoms with E-state index < -0.39 is 0 Å². The van der Waals surface area contributed by atoms with E-state index in [1.807, 2.05) is 0 Å². The van der Waals surface area contributed by atoms with E-state index in [1.165, 1.54) is 39.2 Å². The smallest absolute Gasteiger partial charge is 0.0411 e. The van der Waals surface area contributed by atoms with E-state index in [9.17, 15) is 0 Å². The lowest BCUT2D eigenvalue weighted by molar-refractivity contribution is 0.590. The van der Waals surface area contributed by atoms with Gasteiger partial charge in [0.1, 0.15) is 0 Å². The molecule has 0 saturated heterocycles. The van der Waals surface area contributed by atoms with Crippen LogP contribution < -0.4 is 4.90 Å². The molecule has 0 unspecified atom stereocenters. The molecule has 0 fully saturated rings. The molecular formula is C26H29N. The third-order valence-electron chi connectivity index (χ3n) is 6.08. The monoisotopic (exact) mass is 355 g/mol. The van der Waals surface area contributed by atoms with Crippen LogP contribution in [-0.2, 0) is 10.8 Å². The van der Waals surface area contributed by atoms with Crippen molar-refractivity contribution in [3.05, 3.63) is 83.4 Å². The zero-order valence-corrected chi connectivity index (χ0v) is 17.3. The van der Waals surface area contributed by atoms with Crippen LogP contribution in [-0.4, -0.2) is 7.05 Å². The average Bonchev–Trinajstić information content (AvgIpc) is 2.88. The minimum atomic E-state index is 0.0405. The summed E-state index contributed by atoms with van der Waals surface area (Å²) in [4.78, 5) is 2.28. The number of hydrogen-bond donors (Lipinski definition) is 0. The number of rotatable bonds is 2. The standard InChI is InChI=1S/C26H29N/c1-25(2,3)18-11-13-19(14-12-18)27(6)20-15-16-22-21-9-7-8-10-23(21)26(4,5)24(22)17-20/h7-17H,1-6H3. The molecular weight excluding hydrogens is 326 g/mol. The topological polar surface area (TPSA) is 3.24 Å². The van der Waals surface area contributed by atoms with Gasteiger partial charge in [-0.15, -0.1) is 0 Å². The summed E-state index contributed by atoms with van der Waals surface area (Å²) in [5, 5.41) is 0. The molecule has 138 valence electrons. The molecule has 0 aliphatic heterocycles. The molecule has 0 aromatic heterocycles. The minimum Gasteiger partial charge on any atom is -0.345 e. The van der Waals surface area contributed by atoms with Gasteiger partial charge in [0.25, 0.3) is 0 Å². The summed E-state index contributed by atoms with van der Waals surface area (Å²) < 4.78 is 0. The van der Waals surface area contributed by atoms with Gasteiger partial charge in [0.05, 0.1) is 0 Å². The van der Waals surface area contributed by atoms with Crippen molar-refractivity contribution < 1.29 is 0 Å². The fourth-order valence-corrected chi connectivity index (χ4v) is 4.24. The summed E-state index contributed by atoms with van der Waals surface area (Å²) in [6.45, 7) is 11.4. The summed E-state index contributed by atoms with van der Waals surface area (Å²) in [5.41, 5.74) is 9.63. The van der Waals surface area contributed by atoms with Crippen LogP contribution in [0.3, 0.4) is 0 Å². The maximum absolute atomic E-state index is 2.37. The fraction of sp³-hybridized carbons (Fsp3) is 0.308. The lowest BCUT2D eigenvalue weighted by Gasteiger charge is -2.26. The van der Waals surface area contributed by atoms with Crippen LogP contribution in [0.25, 0.3) is 11.1 Å². The lowest BCUT2D eigenvalue weighted by atomic mass is 9.82. The summed E-state index contributed by atoms with van der Waals surface area (Å²) in [6, 6.07) is 24.7. The Morgan fingerprint density at radius 1 is 0.704 bits per heavy atom. The first-order valence-corrected chi connectivity index (χ1v) is 9.78. The highest BCUT2D eigenvalue weighted by Gasteiger charge is 2.35. The van der Waals surface area contributed by atoms with Crippen LogP contribution >= 0.6 is 0 Å². The van der Waals surface area contributed by atoms with E-state index in [2.05, 4.69) is 113 Å². The molecule has 0 saturated carbocycles. The molecule has 1 heteroatoms. The van der Waals surface area contributed by atoms with Gasteiger partial charge in [-0.25, -0.2) is 0 Å². The second kappa shape index (κ2) is 5.99.